The molecular formula is C34H30F3N5O4. The van der Waals surface area contributed by atoms with Gasteiger partial charge in [0.2, 0.25) is 0 Å². The summed E-state index contributed by atoms with van der Waals surface area (Å²) in [5.74, 6) is 1.54. The first-order chi connectivity index (χ1) is 22.2. The lowest BCUT2D eigenvalue weighted by Crippen LogP contribution is -2.31. The van der Waals surface area contributed by atoms with Crippen LogP contribution in [0.3, 0.4) is 0 Å². The maximum Gasteiger partial charge on any atom is 0.433 e. The van der Waals surface area contributed by atoms with Gasteiger partial charge in [-0.1, -0.05) is 12.1 Å². The molecule has 5 aromatic rings. The summed E-state index contributed by atoms with van der Waals surface area (Å²) in [6.07, 6.45) is -2.05. The van der Waals surface area contributed by atoms with Gasteiger partial charge in [-0.2, -0.15) is 13.2 Å². The van der Waals surface area contributed by atoms with Crippen LogP contribution in [-0.2, 0) is 37.2 Å². The number of carbonyl (C=O) groups excluding carboxylic acids is 1. The first-order valence-electron chi connectivity index (χ1n) is 14.4. The number of aromatic nitrogens is 3. The summed E-state index contributed by atoms with van der Waals surface area (Å²) in [5, 5.41) is 4.38. The zero-order chi connectivity index (χ0) is 32.4. The molecule has 3 aromatic heterocycles. The van der Waals surface area contributed by atoms with Crippen molar-refractivity contribution in [2.75, 3.05) is 24.4 Å². The number of amides is 1. The molecule has 1 aliphatic heterocycles. The maximum atomic E-state index is 13.8. The van der Waals surface area contributed by atoms with Crippen LogP contribution in [0, 0.1) is 6.92 Å². The summed E-state index contributed by atoms with van der Waals surface area (Å²) in [6, 6.07) is 16.8. The maximum absolute atomic E-state index is 13.8. The second kappa shape index (κ2) is 12.6. The molecule has 2 aromatic carbocycles. The van der Waals surface area contributed by atoms with Crippen LogP contribution in [0.1, 0.15) is 44.0 Å². The van der Waals surface area contributed by atoms with E-state index in [4.69, 9.17) is 19.2 Å². The molecule has 4 heterocycles. The molecule has 1 aliphatic rings. The highest BCUT2D eigenvalue weighted by Gasteiger charge is 2.33. The number of anilines is 2. The third kappa shape index (κ3) is 6.16. The number of hydrogen-bond donors (Lipinski definition) is 1. The third-order valence-corrected chi connectivity index (χ3v) is 7.86. The van der Waals surface area contributed by atoms with Crippen molar-refractivity contribution in [3.63, 3.8) is 0 Å². The Bertz CT molecular complexity index is 1910. The molecule has 6 rings (SSSR count). The number of aryl methyl sites for hydroxylation is 1. The second-order valence-electron chi connectivity index (χ2n) is 10.7. The van der Waals surface area contributed by atoms with Gasteiger partial charge in [0.15, 0.2) is 0 Å². The van der Waals surface area contributed by atoms with E-state index in [-0.39, 0.29) is 12.1 Å². The Morgan fingerprint density at radius 3 is 2.54 bits per heavy atom. The van der Waals surface area contributed by atoms with Gasteiger partial charge in [-0.3, -0.25) is 14.8 Å². The monoisotopic (exact) mass is 629 g/mol. The normalized spacial score (nSPS) is 12.6. The predicted octanol–water partition coefficient (Wildman–Crippen LogP) is 6.86. The summed E-state index contributed by atoms with van der Waals surface area (Å²) in [7, 11) is 3.21. The van der Waals surface area contributed by atoms with E-state index in [1.807, 2.05) is 36.4 Å². The predicted molar refractivity (Wildman–Crippen MR) is 166 cm³/mol. The fourth-order valence-electron chi connectivity index (χ4n) is 5.47. The van der Waals surface area contributed by atoms with Crippen molar-refractivity contribution in [2.45, 2.75) is 39.4 Å². The van der Waals surface area contributed by atoms with Gasteiger partial charge in [-0.15, -0.1) is 0 Å². The minimum Gasteiger partial charge on any atom is -0.497 e. The van der Waals surface area contributed by atoms with Gasteiger partial charge in [-0.05, 0) is 60.5 Å². The summed E-state index contributed by atoms with van der Waals surface area (Å²) in [6.45, 7) is 3.19. The number of hydrogen-bond acceptors (Lipinski definition) is 8. The molecule has 0 atom stereocenters. The number of nitrogens with one attached hydrogen (secondary N) is 1. The van der Waals surface area contributed by atoms with E-state index in [1.165, 1.54) is 4.90 Å². The molecule has 12 heteroatoms. The molecule has 236 valence electrons. The van der Waals surface area contributed by atoms with Gasteiger partial charge >= 0.3 is 6.18 Å². The van der Waals surface area contributed by atoms with Crippen LogP contribution < -0.4 is 19.7 Å². The van der Waals surface area contributed by atoms with Gasteiger partial charge in [0.25, 0.3) is 5.91 Å². The Morgan fingerprint density at radius 2 is 1.83 bits per heavy atom. The van der Waals surface area contributed by atoms with Crippen molar-refractivity contribution < 1.29 is 32.2 Å². The lowest BCUT2D eigenvalue weighted by Gasteiger charge is -2.24. The van der Waals surface area contributed by atoms with Crippen molar-refractivity contribution in [2.24, 2.45) is 0 Å². The van der Waals surface area contributed by atoms with E-state index in [0.29, 0.717) is 54.0 Å². The van der Waals surface area contributed by atoms with Crippen LogP contribution in [0.2, 0.25) is 0 Å². The number of ether oxygens (including phenoxy) is 3. The molecular weight excluding hydrogens is 599 g/mol. The average molecular weight is 630 g/mol. The third-order valence-electron chi connectivity index (χ3n) is 7.86. The van der Waals surface area contributed by atoms with Crippen LogP contribution >= 0.6 is 0 Å². The van der Waals surface area contributed by atoms with Crippen molar-refractivity contribution >= 4 is 28.3 Å². The van der Waals surface area contributed by atoms with Gasteiger partial charge in [0, 0.05) is 41.5 Å². The first kappa shape index (κ1) is 30.8. The molecule has 0 saturated heterocycles. The summed E-state index contributed by atoms with van der Waals surface area (Å²) in [5.41, 5.74) is 4.47. The number of benzene rings is 2. The Balaban J connectivity index is 1.33. The molecule has 1 N–H and O–H groups in total. The summed E-state index contributed by atoms with van der Waals surface area (Å²) < 4.78 is 56.1. The number of halogens is 3. The van der Waals surface area contributed by atoms with Gasteiger partial charge < -0.3 is 24.4 Å². The Labute approximate surface area is 263 Å². The molecule has 0 unspecified atom stereocenters. The minimum atomic E-state index is -4.61. The lowest BCUT2D eigenvalue weighted by molar-refractivity contribution is -0.141. The molecule has 0 bridgehead atoms. The number of alkyl halides is 3. The quantitative estimate of drug-likeness (QED) is 0.189. The van der Waals surface area contributed by atoms with E-state index < -0.39 is 17.8 Å². The molecule has 0 radical (unpaired) electrons. The molecule has 0 aliphatic carbocycles. The van der Waals surface area contributed by atoms with Crippen molar-refractivity contribution in [1.29, 1.82) is 0 Å². The standard InChI is InChI=1S/C34H30F3N5O4/c1-20-29(5-4-12-38-20)42(33(43)23-8-11-31(39-16-23)34(35,36)37)17-21-6-10-25-26-18-46-19-27(26)32(41-28(25)13-21)40-15-22-7-9-24(44-2)14-30(22)45-3/h4-14,16H,15,17-19H2,1-3H3,(H,40,41). The highest BCUT2D eigenvalue weighted by molar-refractivity contribution is 6.06. The topological polar surface area (TPSA) is 98.7 Å². The number of nitrogens with zero attached hydrogens (tertiary/aromatic N) is 4. The van der Waals surface area contributed by atoms with E-state index in [0.717, 1.165) is 46.0 Å². The number of rotatable bonds is 9. The molecule has 46 heavy (non-hydrogen) atoms. The SMILES string of the molecule is COc1ccc(CNc2nc3cc(CN(C(=O)c4ccc(C(F)(F)F)nc4)c4cccnc4C)ccc3c3c2COC3)c(OC)c1. The molecule has 0 saturated carbocycles. The second-order valence-corrected chi connectivity index (χ2v) is 10.7. The van der Waals surface area contributed by atoms with E-state index in [2.05, 4.69) is 15.3 Å². The number of carbonyl (C=O) groups is 1. The smallest absolute Gasteiger partial charge is 0.433 e. The van der Waals surface area contributed by atoms with E-state index in [9.17, 15) is 18.0 Å². The molecule has 9 nitrogen and oxygen atoms in total. The summed E-state index contributed by atoms with van der Waals surface area (Å²) >= 11 is 0. The van der Waals surface area contributed by atoms with Crippen LogP contribution in [-0.4, -0.2) is 35.1 Å². The van der Waals surface area contributed by atoms with E-state index >= 15 is 0 Å². The number of fused-ring (bicyclic) bond motifs is 3. The molecule has 1 amide bonds. The zero-order valence-corrected chi connectivity index (χ0v) is 25.3. The fourth-order valence-corrected chi connectivity index (χ4v) is 5.47. The van der Waals surface area contributed by atoms with Gasteiger partial charge in [-0.25, -0.2) is 4.98 Å². The zero-order valence-electron chi connectivity index (χ0n) is 25.3. The largest absolute Gasteiger partial charge is 0.497 e. The fraction of sp³-hybridized carbons (Fsp3) is 0.235. The van der Waals surface area contributed by atoms with Crippen molar-refractivity contribution in [3.8, 4) is 11.5 Å². The number of pyridine rings is 3. The highest BCUT2D eigenvalue weighted by Crippen LogP contribution is 2.35. The van der Waals surface area contributed by atoms with Gasteiger partial charge in [0.05, 0.1) is 56.4 Å². The number of methoxy groups -OCH3 is 2. The molecule has 0 fully saturated rings. The van der Waals surface area contributed by atoms with Crippen molar-refractivity contribution in [1.82, 2.24) is 15.0 Å². The minimum absolute atomic E-state index is 0.0191. The van der Waals surface area contributed by atoms with Crippen LogP contribution in [0.5, 0.6) is 11.5 Å². The van der Waals surface area contributed by atoms with Crippen LogP contribution in [0.4, 0.5) is 24.7 Å². The summed E-state index contributed by atoms with van der Waals surface area (Å²) in [4.78, 5) is 28.0. The lowest BCUT2D eigenvalue weighted by atomic mass is 10.0. The van der Waals surface area contributed by atoms with Gasteiger partial charge in [0.1, 0.15) is 23.0 Å². The highest BCUT2D eigenvalue weighted by atomic mass is 19.4. The first-order valence-corrected chi connectivity index (χ1v) is 14.4. The molecule has 0 spiro atoms. The van der Waals surface area contributed by atoms with E-state index in [1.54, 1.807) is 39.5 Å². The van der Waals surface area contributed by atoms with Crippen molar-refractivity contribution in [3.05, 3.63) is 112 Å². The Kier molecular flexibility index (Phi) is 8.46. The average Bonchev–Trinajstić information content (AvgIpc) is 3.56. The van der Waals surface area contributed by atoms with Crippen LogP contribution in [0.25, 0.3) is 10.9 Å². The Morgan fingerprint density at radius 1 is 1.00 bits per heavy atom. The van der Waals surface area contributed by atoms with Crippen LogP contribution in [0.15, 0.2) is 73.1 Å². The Hall–Kier alpha value is -5.23.